The summed E-state index contributed by atoms with van der Waals surface area (Å²) in [6.07, 6.45) is -3.21. The van der Waals surface area contributed by atoms with E-state index < -0.39 is 12.1 Å². The number of hydrogen-bond acceptors (Lipinski definition) is 7. The molecule has 2 amide bonds. The first-order valence-electron chi connectivity index (χ1n) is 14.0. The largest absolute Gasteiger partial charge is 0.506 e. The van der Waals surface area contributed by atoms with Crippen molar-refractivity contribution in [1.82, 2.24) is 10.2 Å². The van der Waals surface area contributed by atoms with Crippen molar-refractivity contribution in [3.8, 4) is 11.5 Å². The predicted octanol–water partition coefficient (Wildman–Crippen LogP) is 4.01. The number of amides is 2. The van der Waals surface area contributed by atoms with Crippen LogP contribution in [-0.2, 0) is 32.0 Å². The van der Waals surface area contributed by atoms with E-state index in [0.29, 0.717) is 63.0 Å². The Balaban J connectivity index is 0.000000821. The maximum atomic E-state index is 13.0. The number of hydrogen-bond donors (Lipinski definition) is 4. The van der Waals surface area contributed by atoms with E-state index in [1.807, 2.05) is 29.2 Å². The van der Waals surface area contributed by atoms with E-state index in [2.05, 4.69) is 43.5 Å². The van der Waals surface area contributed by atoms with Crippen molar-refractivity contribution in [3.05, 3.63) is 53.6 Å². The normalized spacial score (nSPS) is 13.2. The zero-order valence-electron chi connectivity index (χ0n) is 24.6. The number of phenolic OH excluding ortho intramolecular Hbond substituents is 1. The number of nitrogens with zero attached hydrogens (tertiary/aromatic N) is 1. The topological polar surface area (TPSA) is 137 Å². The first-order valence-corrected chi connectivity index (χ1v) is 14.0. The summed E-state index contributed by atoms with van der Waals surface area (Å²) in [5, 5.41) is 23.2. The van der Waals surface area contributed by atoms with Crippen LogP contribution in [0.1, 0.15) is 38.3 Å². The molecular weight excluding hydrogens is 571 g/mol. The zero-order chi connectivity index (χ0) is 32.0. The molecule has 0 aliphatic carbocycles. The fraction of sp³-hybridized carbons (Fsp3) is 0.500. The number of carboxylic acid groups (broad SMARTS) is 1. The average Bonchev–Trinajstić information content (AvgIpc) is 2.96. The van der Waals surface area contributed by atoms with Crippen molar-refractivity contribution < 1.29 is 47.2 Å². The second-order valence-corrected chi connectivity index (χ2v) is 10.3. The minimum Gasteiger partial charge on any atom is -0.506 e. The minimum atomic E-state index is -5.08. The van der Waals surface area contributed by atoms with Crippen LogP contribution in [-0.4, -0.2) is 84.6 Å². The molecular formula is C30H40F3N3O7. The molecule has 0 fully saturated rings. The van der Waals surface area contributed by atoms with E-state index in [9.17, 15) is 27.9 Å². The van der Waals surface area contributed by atoms with Gasteiger partial charge in [0.25, 0.3) is 5.91 Å². The van der Waals surface area contributed by atoms with Gasteiger partial charge in [-0.3, -0.25) is 9.59 Å². The number of nitrogens with one attached hydrogen (secondary N) is 2. The van der Waals surface area contributed by atoms with Gasteiger partial charge in [-0.25, -0.2) is 4.79 Å². The standard InChI is InChI=1S/C28H39N3O5.C2HF3O2/c1-20(2)21(3)31(26(34)13-18-35-17-12-22-7-5-4-6-8-22)16-15-29-14-11-23-9-10-24(32)27-28(23)36-19-25(33)30-27;3-2(4,5)1(6)7/h4-10,20-21,29,32H,11-19H2,1-3H3,(H,30,33);(H,6,7)/t21-;/m1./s1. The Morgan fingerprint density at radius 2 is 1.74 bits per heavy atom. The Hall–Kier alpha value is -3.84. The van der Waals surface area contributed by atoms with E-state index in [1.54, 1.807) is 6.07 Å². The number of anilines is 1. The van der Waals surface area contributed by atoms with Gasteiger partial charge in [0.05, 0.1) is 19.6 Å². The van der Waals surface area contributed by atoms with Crippen molar-refractivity contribution in [2.24, 2.45) is 5.92 Å². The van der Waals surface area contributed by atoms with Crippen molar-refractivity contribution in [1.29, 1.82) is 0 Å². The van der Waals surface area contributed by atoms with Crippen LogP contribution in [0.2, 0.25) is 0 Å². The lowest BCUT2D eigenvalue weighted by atomic mass is 10.0. The van der Waals surface area contributed by atoms with Gasteiger partial charge < -0.3 is 35.2 Å². The van der Waals surface area contributed by atoms with Crippen LogP contribution in [0.25, 0.3) is 0 Å². The van der Waals surface area contributed by atoms with Crippen LogP contribution in [0.3, 0.4) is 0 Å². The van der Waals surface area contributed by atoms with E-state index in [1.165, 1.54) is 5.56 Å². The molecule has 13 heteroatoms. The second kappa shape index (κ2) is 17.3. The maximum Gasteiger partial charge on any atom is 0.490 e. The zero-order valence-corrected chi connectivity index (χ0v) is 24.6. The molecule has 0 bridgehead atoms. The fourth-order valence-corrected chi connectivity index (χ4v) is 4.11. The van der Waals surface area contributed by atoms with Gasteiger partial charge in [-0.15, -0.1) is 0 Å². The van der Waals surface area contributed by atoms with Crippen LogP contribution in [0.5, 0.6) is 11.5 Å². The number of aromatic hydroxyl groups is 1. The van der Waals surface area contributed by atoms with Gasteiger partial charge >= 0.3 is 12.1 Å². The van der Waals surface area contributed by atoms with E-state index >= 15 is 0 Å². The molecule has 0 saturated heterocycles. The molecule has 238 valence electrons. The summed E-state index contributed by atoms with van der Waals surface area (Å²) in [7, 11) is 0. The number of carbonyl (C=O) groups excluding carboxylic acids is 2. The number of ether oxygens (including phenoxy) is 2. The number of rotatable bonds is 14. The molecule has 4 N–H and O–H groups in total. The molecule has 1 atom stereocenters. The van der Waals surface area contributed by atoms with E-state index in [4.69, 9.17) is 19.4 Å². The third-order valence-electron chi connectivity index (χ3n) is 6.79. The second-order valence-electron chi connectivity index (χ2n) is 10.3. The predicted molar refractivity (Wildman–Crippen MR) is 154 cm³/mol. The van der Waals surface area contributed by atoms with Gasteiger partial charge in [0.1, 0.15) is 11.4 Å². The summed E-state index contributed by atoms with van der Waals surface area (Å²) in [5.74, 6) is -2.06. The Bertz CT molecular complexity index is 1190. The molecule has 0 spiro atoms. The highest BCUT2D eigenvalue weighted by Gasteiger charge is 2.38. The lowest BCUT2D eigenvalue weighted by Crippen LogP contribution is -2.45. The quantitative estimate of drug-likeness (QED) is 0.186. The van der Waals surface area contributed by atoms with Gasteiger partial charge in [0.2, 0.25) is 5.91 Å². The highest BCUT2D eigenvalue weighted by atomic mass is 19.4. The third kappa shape index (κ3) is 12.1. The number of fused-ring (bicyclic) bond motifs is 1. The highest BCUT2D eigenvalue weighted by Crippen LogP contribution is 2.39. The molecule has 0 aromatic heterocycles. The smallest absolute Gasteiger partial charge is 0.490 e. The summed E-state index contributed by atoms with van der Waals surface area (Å²) >= 11 is 0. The molecule has 2 aromatic rings. The Kier molecular flexibility index (Phi) is 14.2. The van der Waals surface area contributed by atoms with Crippen LogP contribution in [0.15, 0.2) is 42.5 Å². The van der Waals surface area contributed by atoms with Crippen molar-refractivity contribution in [2.45, 2.75) is 52.3 Å². The first kappa shape index (κ1) is 35.4. The monoisotopic (exact) mass is 611 g/mol. The third-order valence-corrected chi connectivity index (χ3v) is 6.79. The molecule has 0 unspecified atom stereocenters. The van der Waals surface area contributed by atoms with Crippen LogP contribution >= 0.6 is 0 Å². The fourth-order valence-electron chi connectivity index (χ4n) is 4.11. The van der Waals surface area contributed by atoms with E-state index in [0.717, 1.165) is 12.0 Å². The number of aliphatic carboxylic acids is 1. The molecule has 2 aromatic carbocycles. The summed E-state index contributed by atoms with van der Waals surface area (Å²) in [6, 6.07) is 13.7. The SMILES string of the molecule is CC(C)[C@@H](C)N(CCNCCc1ccc(O)c2c1OCC(=O)N2)C(=O)CCOCCc1ccccc1.O=C(O)C(F)(F)F. The molecule has 3 rings (SSSR count). The summed E-state index contributed by atoms with van der Waals surface area (Å²) in [5.41, 5.74) is 2.47. The molecule has 0 saturated carbocycles. The molecule has 1 heterocycles. The maximum absolute atomic E-state index is 13.0. The van der Waals surface area contributed by atoms with Crippen molar-refractivity contribution in [3.63, 3.8) is 0 Å². The van der Waals surface area contributed by atoms with Gasteiger partial charge in [-0.2, -0.15) is 13.2 Å². The molecule has 10 nitrogen and oxygen atoms in total. The molecule has 43 heavy (non-hydrogen) atoms. The van der Waals surface area contributed by atoms with Crippen LogP contribution < -0.4 is 15.4 Å². The Labute approximate surface area is 249 Å². The van der Waals surface area contributed by atoms with Gasteiger partial charge in [0.15, 0.2) is 12.4 Å². The Morgan fingerprint density at radius 1 is 1.07 bits per heavy atom. The number of benzene rings is 2. The molecule has 0 radical (unpaired) electrons. The minimum absolute atomic E-state index is 0.00404. The van der Waals surface area contributed by atoms with Crippen LogP contribution in [0.4, 0.5) is 18.9 Å². The summed E-state index contributed by atoms with van der Waals surface area (Å²) < 4.78 is 43.0. The van der Waals surface area contributed by atoms with Crippen molar-refractivity contribution >= 4 is 23.5 Å². The summed E-state index contributed by atoms with van der Waals surface area (Å²) in [4.78, 5) is 35.4. The number of halogens is 3. The lowest BCUT2D eigenvalue weighted by Gasteiger charge is -2.32. The number of alkyl halides is 3. The average molecular weight is 612 g/mol. The van der Waals surface area contributed by atoms with Gasteiger partial charge in [-0.05, 0) is 49.4 Å². The van der Waals surface area contributed by atoms with Gasteiger partial charge in [-0.1, -0.05) is 50.2 Å². The van der Waals surface area contributed by atoms with Crippen LogP contribution in [0, 0.1) is 5.92 Å². The first-order chi connectivity index (χ1) is 20.3. The van der Waals surface area contributed by atoms with E-state index in [-0.39, 0.29) is 30.2 Å². The summed E-state index contributed by atoms with van der Waals surface area (Å²) in [6.45, 7) is 9.26. The van der Waals surface area contributed by atoms with Gasteiger partial charge in [0, 0.05) is 19.1 Å². The lowest BCUT2D eigenvalue weighted by molar-refractivity contribution is -0.192. The Morgan fingerprint density at radius 3 is 2.37 bits per heavy atom. The number of phenols is 1. The molecule has 1 aliphatic heterocycles. The highest BCUT2D eigenvalue weighted by molar-refractivity contribution is 5.97. The van der Waals surface area contributed by atoms with Crippen molar-refractivity contribution in [2.75, 3.05) is 44.8 Å². The number of carbonyl (C=O) groups is 3. The number of carboxylic acids is 1. The molecule has 1 aliphatic rings.